The Bertz CT molecular complexity index is 1480. The summed E-state index contributed by atoms with van der Waals surface area (Å²) in [6, 6.07) is 28.0. The third kappa shape index (κ3) is 4.80. The third-order valence-corrected chi connectivity index (χ3v) is 5.68. The van der Waals surface area contributed by atoms with Gasteiger partial charge in [0.15, 0.2) is 5.58 Å². The number of rotatable bonds is 6. The van der Waals surface area contributed by atoms with Crippen molar-refractivity contribution in [2.45, 2.75) is 13.5 Å². The first-order chi connectivity index (χ1) is 16.5. The number of benzene rings is 4. The molecule has 0 saturated heterocycles. The Balaban J connectivity index is 1.34. The van der Waals surface area contributed by atoms with Crippen molar-refractivity contribution in [3.05, 3.63) is 113 Å². The van der Waals surface area contributed by atoms with E-state index in [9.17, 15) is 4.79 Å². The van der Waals surface area contributed by atoms with Crippen molar-refractivity contribution in [3.8, 4) is 17.2 Å². The van der Waals surface area contributed by atoms with E-state index in [4.69, 9.17) is 20.8 Å². The second kappa shape index (κ2) is 9.41. The van der Waals surface area contributed by atoms with Crippen molar-refractivity contribution in [3.63, 3.8) is 0 Å². The van der Waals surface area contributed by atoms with Crippen molar-refractivity contribution in [2.75, 3.05) is 5.32 Å². The number of amides is 1. The molecule has 168 valence electrons. The van der Waals surface area contributed by atoms with Gasteiger partial charge in [-0.1, -0.05) is 54.1 Å². The van der Waals surface area contributed by atoms with Gasteiger partial charge in [-0.25, -0.2) is 4.98 Å². The van der Waals surface area contributed by atoms with E-state index in [1.165, 1.54) is 0 Å². The highest BCUT2D eigenvalue weighted by Gasteiger charge is 2.14. The first-order valence-corrected chi connectivity index (χ1v) is 11.2. The molecular formula is C28H21ClN2O3. The number of halogens is 1. The van der Waals surface area contributed by atoms with Crippen molar-refractivity contribution in [1.82, 2.24) is 4.98 Å². The van der Waals surface area contributed by atoms with E-state index in [0.717, 1.165) is 16.6 Å². The van der Waals surface area contributed by atoms with E-state index in [2.05, 4.69) is 10.3 Å². The maximum Gasteiger partial charge on any atom is 0.255 e. The predicted octanol–water partition coefficient (Wildman–Crippen LogP) is 7.29. The minimum absolute atomic E-state index is 0.294. The van der Waals surface area contributed by atoms with Crippen LogP contribution in [0.5, 0.6) is 5.75 Å². The van der Waals surface area contributed by atoms with E-state index in [0.29, 0.717) is 45.7 Å². The summed E-state index contributed by atoms with van der Waals surface area (Å²) in [4.78, 5) is 17.5. The third-order valence-electron chi connectivity index (χ3n) is 5.35. The molecule has 1 aromatic heterocycles. The SMILES string of the molecule is Cc1ccc2nc(-c3ccc(Cl)c(NC(=O)c4cccc(OCc5ccccc5)c4)c3)oc2c1. The van der Waals surface area contributed by atoms with Gasteiger partial charge in [0.1, 0.15) is 17.9 Å². The molecule has 1 N–H and O–H groups in total. The molecular weight excluding hydrogens is 448 g/mol. The van der Waals surface area contributed by atoms with Crippen molar-refractivity contribution < 1.29 is 13.9 Å². The average molecular weight is 469 g/mol. The van der Waals surface area contributed by atoms with Gasteiger partial charge in [-0.2, -0.15) is 0 Å². The minimum atomic E-state index is -0.294. The molecule has 1 amide bonds. The molecule has 0 aliphatic heterocycles. The fraction of sp³-hybridized carbons (Fsp3) is 0.0714. The van der Waals surface area contributed by atoms with Crippen LogP contribution >= 0.6 is 11.6 Å². The summed E-state index contributed by atoms with van der Waals surface area (Å²) >= 11 is 6.37. The summed E-state index contributed by atoms with van der Waals surface area (Å²) in [5.74, 6) is 0.777. The second-order valence-corrected chi connectivity index (χ2v) is 8.35. The van der Waals surface area contributed by atoms with Gasteiger partial charge in [0.25, 0.3) is 5.91 Å². The van der Waals surface area contributed by atoms with E-state index >= 15 is 0 Å². The molecule has 0 saturated carbocycles. The van der Waals surface area contributed by atoms with Crippen LogP contribution in [0, 0.1) is 6.92 Å². The first kappa shape index (κ1) is 21.7. The monoisotopic (exact) mass is 468 g/mol. The molecule has 0 spiro atoms. The Hall–Kier alpha value is -4.09. The van der Waals surface area contributed by atoms with Crippen molar-refractivity contribution >= 4 is 34.3 Å². The number of hydrogen-bond acceptors (Lipinski definition) is 4. The summed E-state index contributed by atoms with van der Waals surface area (Å²) in [7, 11) is 0. The van der Waals surface area contributed by atoms with E-state index in [-0.39, 0.29) is 5.91 Å². The number of carbonyl (C=O) groups excluding carboxylic acids is 1. The van der Waals surface area contributed by atoms with Crippen LogP contribution in [0.2, 0.25) is 5.02 Å². The molecule has 5 aromatic rings. The van der Waals surface area contributed by atoms with Crippen LogP contribution in [0.1, 0.15) is 21.5 Å². The number of aromatic nitrogens is 1. The number of hydrogen-bond donors (Lipinski definition) is 1. The lowest BCUT2D eigenvalue weighted by Gasteiger charge is -2.10. The number of nitrogens with one attached hydrogen (secondary N) is 1. The quantitative estimate of drug-likeness (QED) is 0.284. The molecule has 6 heteroatoms. The van der Waals surface area contributed by atoms with Crippen molar-refractivity contribution in [2.24, 2.45) is 0 Å². The molecule has 4 aromatic carbocycles. The Morgan fingerprint density at radius 3 is 2.68 bits per heavy atom. The largest absolute Gasteiger partial charge is 0.489 e. The Labute approximate surface area is 202 Å². The van der Waals surface area contributed by atoms with Gasteiger partial charge in [-0.15, -0.1) is 0 Å². The molecule has 0 atom stereocenters. The molecule has 34 heavy (non-hydrogen) atoms. The fourth-order valence-electron chi connectivity index (χ4n) is 3.57. The number of fused-ring (bicyclic) bond motifs is 1. The van der Waals surface area contributed by atoms with Gasteiger partial charge in [-0.05, 0) is 66.6 Å². The Morgan fingerprint density at radius 1 is 0.971 bits per heavy atom. The van der Waals surface area contributed by atoms with E-state index in [1.807, 2.05) is 67.6 Å². The zero-order valence-electron chi connectivity index (χ0n) is 18.4. The summed E-state index contributed by atoms with van der Waals surface area (Å²) < 4.78 is 11.8. The maximum atomic E-state index is 13.0. The minimum Gasteiger partial charge on any atom is -0.489 e. The van der Waals surface area contributed by atoms with E-state index < -0.39 is 0 Å². The van der Waals surface area contributed by atoms with Crippen LogP contribution < -0.4 is 10.1 Å². The molecule has 1 heterocycles. The lowest BCUT2D eigenvalue weighted by atomic mass is 10.1. The topological polar surface area (TPSA) is 64.4 Å². The number of aryl methyl sites for hydroxylation is 1. The zero-order valence-corrected chi connectivity index (χ0v) is 19.2. The molecule has 5 nitrogen and oxygen atoms in total. The molecule has 0 bridgehead atoms. The van der Waals surface area contributed by atoms with Crippen LogP contribution in [0.4, 0.5) is 5.69 Å². The molecule has 0 radical (unpaired) electrons. The standard InChI is InChI=1S/C28H21ClN2O3/c1-18-10-13-24-26(14-18)34-28(31-24)21-11-12-23(29)25(16-21)30-27(32)20-8-5-9-22(15-20)33-17-19-6-3-2-4-7-19/h2-16H,17H2,1H3,(H,30,32). The number of anilines is 1. The summed E-state index contributed by atoms with van der Waals surface area (Å²) in [6.07, 6.45) is 0. The van der Waals surface area contributed by atoms with Gasteiger partial charge in [0.2, 0.25) is 5.89 Å². The molecule has 0 aliphatic carbocycles. The molecule has 0 fully saturated rings. The molecule has 0 aliphatic rings. The smallest absolute Gasteiger partial charge is 0.255 e. The number of oxazole rings is 1. The van der Waals surface area contributed by atoms with Crippen LogP contribution in [0.15, 0.2) is 95.4 Å². The second-order valence-electron chi connectivity index (χ2n) is 7.94. The lowest BCUT2D eigenvalue weighted by molar-refractivity contribution is 0.102. The first-order valence-electron chi connectivity index (χ1n) is 10.8. The van der Waals surface area contributed by atoms with Crippen molar-refractivity contribution in [1.29, 1.82) is 0 Å². The highest BCUT2D eigenvalue weighted by Crippen LogP contribution is 2.31. The zero-order chi connectivity index (χ0) is 23.5. The summed E-state index contributed by atoms with van der Waals surface area (Å²) in [5, 5.41) is 3.30. The molecule has 5 rings (SSSR count). The van der Waals surface area contributed by atoms with Crippen LogP contribution in [0.25, 0.3) is 22.6 Å². The normalized spacial score (nSPS) is 10.9. The maximum absolute atomic E-state index is 13.0. The predicted molar refractivity (Wildman–Crippen MR) is 134 cm³/mol. The van der Waals surface area contributed by atoms with Crippen LogP contribution in [-0.4, -0.2) is 10.9 Å². The number of nitrogens with zero attached hydrogens (tertiary/aromatic N) is 1. The van der Waals surface area contributed by atoms with Gasteiger partial charge in [0.05, 0.1) is 10.7 Å². The summed E-state index contributed by atoms with van der Waals surface area (Å²) in [5.41, 5.74) is 5.27. The Morgan fingerprint density at radius 2 is 1.82 bits per heavy atom. The van der Waals surface area contributed by atoms with Crippen LogP contribution in [-0.2, 0) is 6.61 Å². The van der Waals surface area contributed by atoms with Gasteiger partial charge < -0.3 is 14.5 Å². The fourth-order valence-corrected chi connectivity index (χ4v) is 3.74. The van der Waals surface area contributed by atoms with Crippen LogP contribution in [0.3, 0.4) is 0 Å². The lowest BCUT2D eigenvalue weighted by Crippen LogP contribution is -2.12. The highest BCUT2D eigenvalue weighted by molar-refractivity contribution is 6.34. The van der Waals surface area contributed by atoms with E-state index in [1.54, 1.807) is 30.3 Å². The summed E-state index contributed by atoms with van der Waals surface area (Å²) in [6.45, 7) is 2.42. The Kier molecular flexibility index (Phi) is 6.02. The van der Waals surface area contributed by atoms with Gasteiger partial charge in [0, 0.05) is 11.1 Å². The van der Waals surface area contributed by atoms with Gasteiger partial charge >= 0.3 is 0 Å². The average Bonchev–Trinajstić information content (AvgIpc) is 3.28. The van der Waals surface area contributed by atoms with Gasteiger partial charge in [-0.3, -0.25) is 4.79 Å². The number of ether oxygens (including phenoxy) is 1. The molecule has 0 unspecified atom stereocenters. The highest BCUT2D eigenvalue weighted by atomic mass is 35.5. The number of carbonyl (C=O) groups is 1.